The van der Waals surface area contributed by atoms with Crippen LogP contribution in [-0.2, 0) is 10.0 Å². The normalized spacial score (nSPS) is 27.5. The van der Waals surface area contributed by atoms with Crippen LogP contribution in [0, 0.1) is 0 Å². The van der Waals surface area contributed by atoms with E-state index in [2.05, 4.69) is 10.5 Å². The van der Waals surface area contributed by atoms with Crippen molar-refractivity contribution < 1.29 is 17.7 Å². The third-order valence-electron chi connectivity index (χ3n) is 6.31. The van der Waals surface area contributed by atoms with Gasteiger partial charge in [0.05, 0.1) is 5.75 Å². The summed E-state index contributed by atoms with van der Waals surface area (Å²) < 4.78 is 32.9. The van der Waals surface area contributed by atoms with E-state index in [-0.39, 0.29) is 29.8 Å². The van der Waals surface area contributed by atoms with Crippen molar-refractivity contribution in [3.05, 3.63) is 17.5 Å². The van der Waals surface area contributed by atoms with Gasteiger partial charge in [-0.05, 0) is 45.6 Å². The van der Waals surface area contributed by atoms with Crippen LogP contribution < -0.4 is 11.1 Å². The highest BCUT2D eigenvalue weighted by Crippen LogP contribution is 2.40. The van der Waals surface area contributed by atoms with Gasteiger partial charge in [0, 0.05) is 49.7 Å². The monoisotopic (exact) mass is 425 g/mol. The molecule has 4 rings (SSSR count). The van der Waals surface area contributed by atoms with Crippen molar-refractivity contribution in [1.82, 2.24) is 19.7 Å². The second-order valence-electron chi connectivity index (χ2n) is 8.65. The maximum atomic E-state index is 12.9. The van der Waals surface area contributed by atoms with E-state index in [1.165, 1.54) is 0 Å². The number of carbonyl (C=O) groups excluding carboxylic acids is 1. The van der Waals surface area contributed by atoms with E-state index in [4.69, 9.17) is 10.3 Å². The van der Waals surface area contributed by atoms with E-state index in [0.29, 0.717) is 44.1 Å². The number of fused-ring (bicyclic) bond motifs is 2. The number of amides is 1. The summed E-state index contributed by atoms with van der Waals surface area (Å²) >= 11 is 0. The molecule has 3 heterocycles. The summed E-state index contributed by atoms with van der Waals surface area (Å²) in [5.41, 5.74) is 5.85. The van der Waals surface area contributed by atoms with Crippen LogP contribution in [0.4, 0.5) is 0 Å². The van der Waals surface area contributed by atoms with Gasteiger partial charge in [0.1, 0.15) is 5.76 Å². The molecule has 0 unspecified atom stereocenters. The minimum Gasteiger partial charge on any atom is -0.360 e. The third-order valence-corrected chi connectivity index (χ3v) is 8.24. The minimum absolute atomic E-state index is 0.0348. The molecule has 0 aromatic carbocycles. The summed E-state index contributed by atoms with van der Waals surface area (Å²) in [6.45, 7) is 1.67. The van der Waals surface area contributed by atoms with E-state index >= 15 is 0 Å². The standard InChI is InChI=1S/C19H31N5O4S/c1-23(7-6-20)8-9-29(26,27)24-15-4-5-16(24)11-14(10-15)21-19(25)17-12-18(28-22-17)13-2-3-13/h12-16H,2-11,20H2,1H3,(H,21,25)/t14-,15+,16-. The van der Waals surface area contributed by atoms with Gasteiger partial charge in [-0.25, -0.2) is 8.42 Å². The molecule has 1 amide bonds. The first-order valence-corrected chi connectivity index (χ1v) is 12.2. The van der Waals surface area contributed by atoms with Gasteiger partial charge in [0.15, 0.2) is 5.69 Å². The van der Waals surface area contributed by atoms with Gasteiger partial charge in [0.2, 0.25) is 10.0 Å². The summed E-state index contributed by atoms with van der Waals surface area (Å²) in [4.78, 5) is 14.5. The Kier molecular flexibility index (Phi) is 5.97. The van der Waals surface area contributed by atoms with Crippen LogP contribution >= 0.6 is 0 Å². The molecule has 1 saturated carbocycles. The van der Waals surface area contributed by atoms with Gasteiger partial charge in [-0.1, -0.05) is 5.16 Å². The van der Waals surface area contributed by atoms with Crippen LogP contribution in [0.3, 0.4) is 0 Å². The lowest BCUT2D eigenvalue weighted by molar-refractivity contribution is 0.0900. The molecule has 3 aliphatic rings. The molecule has 0 spiro atoms. The first-order valence-electron chi connectivity index (χ1n) is 10.5. The molecule has 3 fully saturated rings. The molecular formula is C19H31N5O4S. The molecular weight excluding hydrogens is 394 g/mol. The molecule has 1 aromatic heterocycles. The highest BCUT2D eigenvalue weighted by atomic mass is 32.2. The van der Waals surface area contributed by atoms with E-state index in [9.17, 15) is 13.2 Å². The maximum Gasteiger partial charge on any atom is 0.273 e. The molecule has 2 saturated heterocycles. The smallest absolute Gasteiger partial charge is 0.273 e. The lowest BCUT2D eigenvalue weighted by Gasteiger charge is -2.38. The molecule has 10 heteroatoms. The second kappa shape index (κ2) is 8.33. The lowest BCUT2D eigenvalue weighted by atomic mass is 9.99. The number of rotatable bonds is 9. The predicted octanol–water partition coefficient (Wildman–Crippen LogP) is 0.498. The van der Waals surface area contributed by atoms with Crippen LogP contribution in [0.2, 0.25) is 0 Å². The number of nitrogens with one attached hydrogen (secondary N) is 1. The molecule has 9 nitrogen and oxygen atoms in total. The zero-order valence-electron chi connectivity index (χ0n) is 16.9. The number of hydrogen-bond donors (Lipinski definition) is 2. The second-order valence-corrected chi connectivity index (χ2v) is 10.6. The van der Waals surface area contributed by atoms with Gasteiger partial charge in [-0.15, -0.1) is 0 Å². The molecule has 1 aromatic rings. The summed E-state index contributed by atoms with van der Waals surface area (Å²) in [5, 5.41) is 6.94. The third kappa shape index (κ3) is 4.65. The van der Waals surface area contributed by atoms with Gasteiger partial charge < -0.3 is 20.5 Å². The first kappa shape index (κ1) is 20.8. The zero-order valence-corrected chi connectivity index (χ0v) is 17.7. The van der Waals surface area contributed by atoms with Crippen molar-refractivity contribution in [2.45, 2.75) is 62.6 Å². The molecule has 2 aliphatic heterocycles. The number of carbonyl (C=O) groups is 1. The summed E-state index contributed by atoms with van der Waals surface area (Å²) in [7, 11) is -1.44. The number of likely N-dealkylation sites (N-methyl/N-ethyl adjacent to an activating group) is 1. The molecule has 162 valence electrons. The lowest BCUT2D eigenvalue weighted by Crippen LogP contribution is -2.53. The van der Waals surface area contributed by atoms with E-state index in [1.54, 1.807) is 10.4 Å². The molecule has 0 radical (unpaired) electrons. The Morgan fingerprint density at radius 3 is 2.59 bits per heavy atom. The summed E-state index contributed by atoms with van der Waals surface area (Å²) in [6.07, 6.45) is 5.18. The van der Waals surface area contributed by atoms with Crippen LogP contribution in [0.5, 0.6) is 0 Å². The van der Waals surface area contributed by atoms with Crippen LogP contribution in [0.15, 0.2) is 10.6 Å². The van der Waals surface area contributed by atoms with Gasteiger partial charge in [-0.3, -0.25) is 4.79 Å². The maximum absolute atomic E-state index is 12.9. The number of aromatic nitrogens is 1. The number of nitrogens with zero attached hydrogens (tertiary/aromatic N) is 3. The average molecular weight is 426 g/mol. The van der Waals surface area contributed by atoms with Crippen molar-refractivity contribution in [3.8, 4) is 0 Å². The zero-order chi connectivity index (χ0) is 20.6. The van der Waals surface area contributed by atoms with Crippen LogP contribution in [-0.4, -0.2) is 79.2 Å². The Balaban J connectivity index is 1.34. The van der Waals surface area contributed by atoms with Crippen LogP contribution in [0.25, 0.3) is 0 Å². The number of nitrogens with two attached hydrogens (primary N) is 1. The average Bonchev–Trinajstić information content (AvgIpc) is 3.33. The van der Waals surface area contributed by atoms with E-state index < -0.39 is 10.0 Å². The molecule has 1 aliphatic carbocycles. The van der Waals surface area contributed by atoms with Crippen molar-refractivity contribution in [1.29, 1.82) is 0 Å². The van der Waals surface area contributed by atoms with Crippen molar-refractivity contribution >= 4 is 15.9 Å². The van der Waals surface area contributed by atoms with Crippen molar-refractivity contribution in [2.24, 2.45) is 5.73 Å². The topological polar surface area (TPSA) is 122 Å². The number of sulfonamides is 1. The highest BCUT2D eigenvalue weighted by Gasteiger charge is 2.46. The largest absolute Gasteiger partial charge is 0.360 e. The Labute approximate surface area is 172 Å². The highest BCUT2D eigenvalue weighted by molar-refractivity contribution is 7.89. The molecule has 3 atom stereocenters. The van der Waals surface area contributed by atoms with E-state index in [1.807, 2.05) is 11.9 Å². The SMILES string of the molecule is CN(CCN)CCS(=O)(=O)N1[C@@H]2CC[C@H]1C[C@@H](NC(=O)c1cc(C3CC3)on1)C2. The molecule has 2 bridgehead atoms. The van der Waals surface area contributed by atoms with Gasteiger partial charge in [-0.2, -0.15) is 4.31 Å². The Hall–Kier alpha value is -1.49. The first-order chi connectivity index (χ1) is 13.9. The van der Waals surface area contributed by atoms with Crippen molar-refractivity contribution in [2.75, 3.05) is 32.4 Å². The number of piperidine rings is 1. The summed E-state index contributed by atoms with van der Waals surface area (Å²) in [6, 6.07) is 1.62. The fraction of sp³-hybridized carbons (Fsp3) is 0.789. The Bertz CT molecular complexity index is 823. The molecule has 3 N–H and O–H groups in total. The van der Waals surface area contributed by atoms with Gasteiger partial charge in [0.25, 0.3) is 5.91 Å². The molecule has 29 heavy (non-hydrogen) atoms. The van der Waals surface area contributed by atoms with Crippen molar-refractivity contribution in [3.63, 3.8) is 0 Å². The van der Waals surface area contributed by atoms with Crippen LogP contribution in [0.1, 0.15) is 60.7 Å². The fourth-order valence-electron chi connectivity index (χ4n) is 4.63. The minimum atomic E-state index is -3.33. The predicted molar refractivity (Wildman–Crippen MR) is 108 cm³/mol. The Morgan fingerprint density at radius 2 is 1.97 bits per heavy atom. The number of hydrogen-bond acceptors (Lipinski definition) is 7. The summed E-state index contributed by atoms with van der Waals surface area (Å²) in [5.74, 6) is 1.08. The van der Waals surface area contributed by atoms with Gasteiger partial charge >= 0.3 is 0 Å². The quantitative estimate of drug-likeness (QED) is 0.591. The van der Waals surface area contributed by atoms with E-state index in [0.717, 1.165) is 31.4 Å². The fourth-order valence-corrected chi connectivity index (χ4v) is 6.68. The Morgan fingerprint density at radius 1 is 1.28 bits per heavy atom.